The summed E-state index contributed by atoms with van der Waals surface area (Å²) >= 11 is 17.6. The first-order valence-electron chi connectivity index (χ1n) is 5.58. The Morgan fingerprint density at radius 1 is 1.21 bits per heavy atom. The standard InChI is InChI=1S/C11H10Cl3N3O2/c12-6-8(17-16-5-3-1-2-4-5)7(13)10(14)15-9(6)11(18)19/h1-4H2,(H,15,17)(H,18,19)/p-1. The van der Waals surface area contributed by atoms with Crippen molar-refractivity contribution in [2.24, 2.45) is 5.10 Å². The topological polar surface area (TPSA) is 77.4 Å². The zero-order valence-electron chi connectivity index (χ0n) is 9.67. The molecule has 1 aromatic heterocycles. The Morgan fingerprint density at radius 2 is 1.84 bits per heavy atom. The maximum absolute atomic E-state index is 10.9. The van der Waals surface area contributed by atoms with Gasteiger partial charge >= 0.3 is 0 Å². The number of carbonyl (C=O) groups is 1. The molecule has 102 valence electrons. The van der Waals surface area contributed by atoms with Crippen LogP contribution in [0.15, 0.2) is 5.10 Å². The second-order valence-corrected chi connectivity index (χ2v) is 5.15. The lowest BCUT2D eigenvalue weighted by atomic mass is 10.3. The summed E-state index contributed by atoms with van der Waals surface area (Å²) in [4.78, 5) is 14.4. The number of nitrogens with one attached hydrogen (secondary N) is 1. The number of hydrogen-bond acceptors (Lipinski definition) is 5. The van der Waals surface area contributed by atoms with E-state index in [0.717, 1.165) is 31.4 Å². The number of anilines is 1. The highest BCUT2D eigenvalue weighted by molar-refractivity contribution is 6.46. The van der Waals surface area contributed by atoms with Crippen molar-refractivity contribution in [1.82, 2.24) is 4.98 Å². The first-order chi connectivity index (χ1) is 9.00. The molecule has 1 fully saturated rings. The van der Waals surface area contributed by atoms with Crippen LogP contribution in [-0.2, 0) is 0 Å². The van der Waals surface area contributed by atoms with Crippen LogP contribution >= 0.6 is 34.8 Å². The molecule has 1 aliphatic rings. The van der Waals surface area contributed by atoms with E-state index in [2.05, 4.69) is 15.5 Å². The summed E-state index contributed by atoms with van der Waals surface area (Å²) in [6.07, 6.45) is 3.97. The first-order valence-corrected chi connectivity index (χ1v) is 6.71. The number of rotatable bonds is 3. The molecule has 1 saturated carbocycles. The van der Waals surface area contributed by atoms with Crippen molar-refractivity contribution in [3.05, 3.63) is 20.9 Å². The van der Waals surface area contributed by atoms with Crippen LogP contribution in [0, 0.1) is 0 Å². The molecule has 0 atom stereocenters. The van der Waals surface area contributed by atoms with Crippen LogP contribution in [-0.4, -0.2) is 16.7 Å². The summed E-state index contributed by atoms with van der Waals surface area (Å²) < 4.78 is 0. The van der Waals surface area contributed by atoms with E-state index in [1.54, 1.807) is 0 Å². The minimum absolute atomic E-state index is 0.0269. The Balaban J connectivity index is 2.37. The van der Waals surface area contributed by atoms with Crippen LogP contribution in [0.3, 0.4) is 0 Å². The van der Waals surface area contributed by atoms with E-state index < -0.39 is 11.7 Å². The van der Waals surface area contributed by atoms with Gasteiger partial charge in [0.25, 0.3) is 0 Å². The molecule has 2 rings (SSSR count). The van der Waals surface area contributed by atoms with E-state index in [9.17, 15) is 9.90 Å². The molecule has 1 heterocycles. The normalized spacial score (nSPS) is 14.6. The van der Waals surface area contributed by atoms with Gasteiger partial charge in [-0.1, -0.05) is 34.8 Å². The summed E-state index contributed by atoms with van der Waals surface area (Å²) in [6.45, 7) is 0. The van der Waals surface area contributed by atoms with Gasteiger partial charge in [0.15, 0.2) is 5.15 Å². The number of carboxylic acids is 1. The Morgan fingerprint density at radius 3 is 2.42 bits per heavy atom. The number of carbonyl (C=O) groups excluding carboxylic acids is 1. The van der Waals surface area contributed by atoms with E-state index in [1.165, 1.54) is 0 Å². The van der Waals surface area contributed by atoms with Crippen molar-refractivity contribution in [3.8, 4) is 0 Å². The largest absolute Gasteiger partial charge is 0.543 e. The number of pyridine rings is 1. The minimum atomic E-state index is -1.53. The quantitative estimate of drug-likeness (QED) is 0.686. The fourth-order valence-electron chi connectivity index (χ4n) is 1.78. The Kier molecular flexibility index (Phi) is 4.50. The predicted octanol–water partition coefficient (Wildman–Crippen LogP) is 2.75. The van der Waals surface area contributed by atoms with E-state index in [1.807, 2.05) is 0 Å². The molecular formula is C11H9Cl3N3O2-. The third-order valence-electron chi connectivity index (χ3n) is 2.74. The summed E-state index contributed by atoms with van der Waals surface area (Å²) in [5, 5.41) is 14.7. The molecule has 5 nitrogen and oxygen atoms in total. The molecule has 0 aromatic carbocycles. The Bertz CT molecular complexity index is 553. The Labute approximate surface area is 124 Å². The molecule has 8 heteroatoms. The molecule has 0 unspecified atom stereocenters. The molecule has 0 saturated heterocycles. The van der Waals surface area contributed by atoms with Crippen LogP contribution in [0.5, 0.6) is 0 Å². The Hall–Kier alpha value is -1.04. The second-order valence-electron chi connectivity index (χ2n) is 4.04. The lowest BCUT2D eigenvalue weighted by molar-refractivity contribution is -0.255. The van der Waals surface area contributed by atoms with Crippen LogP contribution < -0.4 is 10.5 Å². The number of aromatic nitrogens is 1. The monoisotopic (exact) mass is 320 g/mol. The van der Waals surface area contributed by atoms with Crippen LogP contribution in [0.25, 0.3) is 0 Å². The molecule has 0 radical (unpaired) electrons. The number of hydrazone groups is 1. The summed E-state index contributed by atoms with van der Waals surface area (Å²) in [5.41, 5.74) is 3.31. The van der Waals surface area contributed by atoms with Gasteiger partial charge in [-0.15, -0.1) is 0 Å². The number of carboxylic acid groups (broad SMARTS) is 1. The SMILES string of the molecule is O=C([O-])c1nc(Cl)c(Cl)c(NN=C2CCCC2)c1Cl. The van der Waals surface area contributed by atoms with Gasteiger partial charge < -0.3 is 9.90 Å². The van der Waals surface area contributed by atoms with Crippen LogP contribution in [0.2, 0.25) is 15.2 Å². The molecule has 0 bridgehead atoms. The molecule has 19 heavy (non-hydrogen) atoms. The fourth-order valence-corrected chi connectivity index (χ4v) is 2.44. The average molecular weight is 322 g/mol. The minimum Gasteiger partial charge on any atom is -0.543 e. The average Bonchev–Trinajstić information content (AvgIpc) is 2.86. The smallest absolute Gasteiger partial charge is 0.150 e. The van der Waals surface area contributed by atoms with Crippen LogP contribution in [0.1, 0.15) is 36.2 Å². The highest BCUT2D eigenvalue weighted by atomic mass is 35.5. The molecule has 0 aliphatic heterocycles. The molecular weight excluding hydrogens is 312 g/mol. The van der Waals surface area contributed by atoms with E-state index >= 15 is 0 Å². The van der Waals surface area contributed by atoms with Gasteiger partial charge in [-0.05, 0) is 25.7 Å². The summed E-state index contributed by atoms with van der Waals surface area (Å²) in [7, 11) is 0. The second kappa shape index (κ2) is 5.94. The van der Waals surface area contributed by atoms with Gasteiger partial charge in [0.1, 0.15) is 10.7 Å². The number of halogens is 3. The zero-order chi connectivity index (χ0) is 14.0. The van der Waals surface area contributed by atoms with Gasteiger partial charge in [-0.25, -0.2) is 4.98 Å². The van der Waals surface area contributed by atoms with Gasteiger partial charge in [0.2, 0.25) is 0 Å². The van der Waals surface area contributed by atoms with Crippen molar-refractivity contribution >= 4 is 52.2 Å². The highest BCUT2D eigenvalue weighted by Crippen LogP contribution is 2.36. The van der Waals surface area contributed by atoms with E-state index in [0.29, 0.717) is 0 Å². The number of aromatic carboxylic acids is 1. The summed E-state index contributed by atoms with van der Waals surface area (Å²) in [6, 6.07) is 0. The highest BCUT2D eigenvalue weighted by Gasteiger charge is 2.17. The van der Waals surface area contributed by atoms with Crippen molar-refractivity contribution in [2.45, 2.75) is 25.7 Å². The van der Waals surface area contributed by atoms with Crippen molar-refractivity contribution < 1.29 is 9.90 Å². The van der Waals surface area contributed by atoms with Crippen molar-refractivity contribution in [3.63, 3.8) is 0 Å². The molecule has 0 amide bonds. The number of hydrogen-bond donors (Lipinski definition) is 1. The van der Waals surface area contributed by atoms with Crippen molar-refractivity contribution in [1.29, 1.82) is 0 Å². The van der Waals surface area contributed by atoms with Gasteiger partial charge in [-0.3, -0.25) is 5.43 Å². The van der Waals surface area contributed by atoms with Crippen molar-refractivity contribution in [2.75, 3.05) is 5.43 Å². The lowest BCUT2D eigenvalue weighted by Gasteiger charge is -2.12. The van der Waals surface area contributed by atoms with Crippen LogP contribution in [0.4, 0.5) is 5.69 Å². The van der Waals surface area contributed by atoms with Gasteiger partial charge in [0.05, 0.1) is 16.7 Å². The third kappa shape index (κ3) is 3.11. The zero-order valence-corrected chi connectivity index (χ0v) is 11.9. The van der Waals surface area contributed by atoms with Gasteiger partial charge in [-0.2, -0.15) is 5.10 Å². The lowest BCUT2D eigenvalue weighted by Crippen LogP contribution is -2.24. The maximum Gasteiger partial charge on any atom is 0.150 e. The first kappa shape index (κ1) is 14.4. The fraction of sp³-hybridized carbons (Fsp3) is 0.364. The van der Waals surface area contributed by atoms with E-state index in [-0.39, 0.29) is 20.9 Å². The number of nitrogens with zero attached hydrogens (tertiary/aromatic N) is 2. The third-order valence-corrected chi connectivity index (χ3v) is 3.84. The predicted molar refractivity (Wildman–Crippen MR) is 73.1 cm³/mol. The molecule has 0 spiro atoms. The molecule has 1 aliphatic carbocycles. The molecule has 1 aromatic rings. The molecule has 1 N–H and O–H groups in total. The maximum atomic E-state index is 10.9. The summed E-state index contributed by atoms with van der Waals surface area (Å²) in [5.74, 6) is -1.53. The van der Waals surface area contributed by atoms with Gasteiger partial charge in [0, 0.05) is 5.71 Å². The van der Waals surface area contributed by atoms with E-state index in [4.69, 9.17) is 34.8 Å².